The Morgan fingerprint density at radius 3 is 2.29 bits per heavy atom. The molecule has 0 fully saturated rings. The fourth-order valence-corrected chi connectivity index (χ4v) is 2.11. The first-order valence-electron chi connectivity index (χ1n) is 6.38. The molecule has 0 saturated heterocycles. The fraction of sp³-hybridized carbons (Fsp3) is 0.286. The molecule has 0 amide bonds. The van der Waals surface area contributed by atoms with E-state index in [1.807, 2.05) is 20.8 Å². The zero-order chi connectivity index (χ0) is 15.6. The van der Waals surface area contributed by atoms with Gasteiger partial charge in [-0.1, -0.05) is 44.0 Å². The molecule has 0 atom stereocenters. The Bertz CT molecular complexity index is 652. The highest BCUT2D eigenvalue weighted by Gasteiger charge is 2.19. The van der Waals surface area contributed by atoms with Gasteiger partial charge in [0.1, 0.15) is 17.5 Å². The number of anilines is 3. The molecule has 0 saturated carbocycles. The summed E-state index contributed by atoms with van der Waals surface area (Å²) >= 11 is 12.0. The molecule has 1 aromatic heterocycles. The molecule has 0 aliphatic carbocycles. The molecule has 4 N–H and O–H groups in total. The van der Waals surface area contributed by atoms with E-state index in [0.29, 0.717) is 33.2 Å². The molecule has 0 aliphatic heterocycles. The standard InChI is InChI=1S/C14H17Cl2N5/c1-14(2,3)13-19-11(7-12(20-13)21-17)18-10-5-4-8(15)6-9(10)16/h4-7H,17H2,1-3H3,(H2,18,19,20,21). The van der Waals surface area contributed by atoms with Crippen molar-refractivity contribution in [1.29, 1.82) is 0 Å². The molecule has 0 radical (unpaired) electrons. The molecule has 7 heteroatoms. The normalized spacial score (nSPS) is 11.3. The van der Waals surface area contributed by atoms with E-state index < -0.39 is 0 Å². The van der Waals surface area contributed by atoms with Crippen LogP contribution in [0, 0.1) is 0 Å². The molecule has 1 aromatic carbocycles. The quantitative estimate of drug-likeness (QED) is 0.584. The minimum Gasteiger partial charge on any atom is -0.339 e. The molecule has 21 heavy (non-hydrogen) atoms. The number of aromatic nitrogens is 2. The predicted octanol–water partition coefficient (Wildman–Crippen LogP) is 4.11. The second-order valence-electron chi connectivity index (χ2n) is 5.61. The van der Waals surface area contributed by atoms with Crippen LogP contribution in [0.4, 0.5) is 17.3 Å². The number of rotatable bonds is 3. The number of nitrogens with one attached hydrogen (secondary N) is 2. The lowest BCUT2D eigenvalue weighted by molar-refractivity contribution is 0.547. The topological polar surface area (TPSA) is 75.9 Å². The Morgan fingerprint density at radius 2 is 1.71 bits per heavy atom. The first-order chi connectivity index (χ1) is 9.79. The number of halogens is 2. The van der Waals surface area contributed by atoms with Crippen LogP contribution in [0.3, 0.4) is 0 Å². The molecule has 112 valence electrons. The van der Waals surface area contributed by atoms with E-state index in [9.17, 15) is 0 Å². The van der Waals surface area contributed by atoms with Crippen LogP contribution in [0.5, 0.6) is 0 Å². The second kappa shape index (κ2) is 6.05. The van der Waals surface area contributed by atoms with E-state index in [0.717, 1.165) is 0 Å². The highest BCUT2D eigenvalue weighted by Crippen LogP contribution is 2.29. The first kappa shape index (κ1) is 15.8. The van der Waals surface area contributed by atoms with E-state index in [1.54, 1.807) is 24.3 Å². The van der Waals surface area contributed by atoms with E-state index >= 15 is 0 Å². The van der Waals surface area contributed by atoms with Gasteiger partial charge in [-0.15, -0.1) is 0 Å². The van der Waals surface area contributed by atoms with Gasteiger partial charge in [0.15, 0.2) is 0 Å². The van der Waals surface area contributed by atoms with Crippen molar-refractivity contribution in [3.05, 3.63) is 40.1 Å². The summed E-state index contributed by atoms with van der Waals surface area (Å²) < 4.78 is 0. The van der Waals surface area contributed by atoms with Crippen LogP contribution in [0.25, 0.3) is 0 Å². The molecular formula is C14H17Cl2N5. The van der Waals surface area contributed by atoms with Crippen molar-refractivity contribution in [3.8, 4) is 0 Å². The maximum absolute atomic E-state index is 6.15. The van der Waals surface area contributed by atoms with Crippen LogP contribution in [-0.2, 0) is 5.41 Å². The number of hydrazine groups is 1. The third-order valence-electron chi connectivity index (χ3n) is 2.74. The number of nitrogens with zero attached hydrogens (tertiary/aromatic N) is 2. The van der Waals surface area contributed by atoms with Gasteiger partial charge in [0.25, 0.3) is 0 Å². The highest BCUT2D eigenvalue weighted by molar-refractivity contribution is 6.36. The van der Waals surface area contributed by atoms with Crippen LogP contribution in [-0.4, -0.2) is 9.97 Å². The minimum atomic E-state index is -0.201. The second-order valence-corrected chi connectivity index (χ2v) is 6.45. The summed E-state index contributed by atoms with van der Waals surface area (Å²) in [5.74, 6) is 7.27. The zero-order valence-corrected chi connectivity index (χ0v) is 13.5. The van der Waals surface area contributed by atoms with Gasteiger partial charge < -0.3 is 10.7 Å². The predicted molar refractivity (Wildman–Crippen MR) is 88.3 cm³/mol. The van der Waals surface area contributed by atoms with Crippen molar-refractivity contribution in [2.45, 2.75) is 26.2 Å². The maximum atomic E-state index is 6.15. The summed E-state index contributed by atoms with van der Waals surface area (Å²) in [6, 6.07) is 6.92. The average Bonchev–Trinajstić information content (AvgIpc) is 2.40. The van der Waals surface area contributed by atoms with Gasteiger partial charge in [-0.25, -0.2) is 15.8 Å². The average molecular weight is 326 g/mol. The summed E-state index contributed by atoms with van der Waals surface area (Å²) in [7, 11) is 0. The van der Waals surface area contributed by atoms with Crippen molar-refractivity contribution in [2.24, 2.45) is 5.84 Å². The smallest absolute Gasteiger partial charge is 0.145 e. The third kappa shape index (κ3) is 3.97. The van der Waals surface area contributed by atoms with Crippen LogP contribution in [0.1, 0.15) is 26.6 Å². The summed E-state index contributed by atoms with van der Waals surface area (Å²) in [6.45, 7) is 6.09. The van der Waals surface area contributed by atoms with Gasteiger partial charge in [-0.2, -0.15) is 0 Å². The largest absolute Gasteiger partial charge is 0.339 e. The van der Waals surface area contributed by atoms with Gasteiger partial charge in [-0.05, 0) is 18.2 Å². The Labute approximate surface area is 133 Å². The van der Waals surface area contributed by atoms with Crippen molar-refractivity contribution in [3.63, 3.8) is 0 Å². The molecule has 2 rings (SSSR count). The highest BCUT2D eigenvalue weighted by atomic mass is 35.5. The Hall–Kier alpha value is -1.56. The molecule has 1 heterocycles. The monoisotopic (exact) mass is 325 g/mol. The van der Waals surface area contributed by atoms with Crippen LogP contribution >= 0.6 is 23.2 Å². The molecule has 2 aromatic rings. The van der Waals surface area contributed by atoms with E-state index in [4.69, 9.17) is 29.0 Å². The number of hydrogen-bond acceptors (Lipinski definition) is 5. The Morgan fingerprint density at radius 1 is 1.05 bits per heavy atom. The number of benzene rings is 1. The lowest BCUT2D eigenvalue weighted by Crippen LogP contribution is -2.19. The van der Waals surface area contributed by atoms with Gasteiger partial charge in [0, 0.05) is 16.5 Å². The third-order valence-corrected chi connectivity index (χ3v) is 3.29. The Kier molecular flexibility index (Phi) is 4.56. The van der Waals surface area contributed by atoms with Crippen molar-refractivity contribution in [1.82, 2.24) is 9.97 Å². The van der Waals surface area contributed by atoms with Gasteiger partial charge in [-0.3, -0.25) is 0 Å². The van der Waals surface area contributed by atoms with Crippen LogP contribution in [0.2, 0.25) is 10.0 Å². The SMILES string of the molecule is CC(C)(C)c1nc(NN)cc(Nc2ccc(Cl)cc2Cl)n1. The summed E-state index contributed by atoms with van der Waals surface area (Å²) in [4.78, 5) is 8.86. The molecule has 5 nitrogen and oxygen atoms in total. The van der Waals surface area contributed by atoms with Crippen molar-refractivity contribution >= 4 is 40.5 Å². The summed E-state index contributed by atoms with van der Waals surface area (Å²) in [5.41, 5.74) is 3.05. The zero-order valence-electron chi connectivity index (χ0n) is 12.0. The van der Waals surface area contributed by atoms with E-state index in [2.05, 4.69) is 20.7 Å². The minimum absolute atomic E-state index is 0.201. The van der Waals surface area contributed by atoms with Crippen molar-refractivity contribution in [2.75, 3.05) is 10.7 Å². The Balaban J connectivity index is 2.39. The molecule has 0 spiro atoms. The van der Waals surface area contributed by atoms with E-state index in [1.165, 1.54) is 0 Å². The van der Waals surface area contributed by atoms with Crippen molar-refractivity contribution < 1.29 is 0 Å². The molecule has 0 bridgehead atoms. The maximum Gasteiger partial charge on any atom is 0.145 e. The van der Waals surface area contributed by atoms with Gasteiger partial charge in [0.05, 0.1) is 10.7 Å². The fourth-order valence-electron chi connectivity index (χ4n) is 1.65. The van der Waals surface area contributed by atoms with Gasteiger partial charge >= 0.3 is 0 Å². The van der Waals surface area contributed by atoms with E-state index in [-0.39, 0.29) is 5.41 Å². The molecule has 0 aliphatic rings. The lowest BCUT2D eigenvalue weighted by atomic mass is 9.96. The summed E-state index contributed by atoms with van der Waals surface area (Å²) in [5, 5.41) is 4.24. The summed E-state index contributed by atoms with van der Waals surface area (Å²) in [6.07, 6.45) is 0. The molecular weight excluding hydrogens is 309 g/mol. The number of nitrogens with two attached hydrogens (primary N) is 1. The first-order valence-corrected chi connectivity index (χ1v) is 7.13. The van der Waals surface area contributed by atoms with Crippen LogP contribution < -0.4 is 16.6 Å². The molecule has 0 unspecified atom stereocenters. The van der Waals surface area contributed by atoms with Gasteiger partial charge in [0.2, 0.25) is 0 Å². The van der Waals surface area contributed by atoms with Crippen LogP contribution in [0.15, 0.2) is 24.3 Å². The lowest BCUT2D eigenvalue weighted by Gasteiger charge is -2.19. The number of nitrogen functional groups attached to an aromatic ring is 1. The number of hydrogen-bond donors (Lipinski definition) is 3.